The Balaban J connectivity index is 2.30. The minimum atomic E-state index is -0.491. The van der Waals surface area contributed by atoms with E-state index < -0.39 is 4.93 Å². The summed E-state index contributed by atoms with van der Waals surface area (Å²) in [6.45, 7) is 2.00. The summed E-state index contributed by atoms with van der Waals surface area (Å²) in [7, 11) is 0. The molecule has 1 aliphatic heterocycles. The number of aliphatic hydroxyl groups excluding tert-OH is 1. The third-order valence-corrected chi connectivity index (χ3v) is 4.51. The summed E-state index contributed by atoms with van der Waals surface area (Å²) in [5, 5.41) is 10.3. The number of hydrogen-bond donors (Lipinski definition) is 1. The number of rotatable bonds is 2. The lowest BCUT2D eigenvalue weighted by molar-refractivity contribution is -0.0249. The molecule has 1 N–H and O–H groups in total. The van der Waals surface area contributed by atoms with Gasteiger partial charge in [0.2, 0.25) is 0 Å². The van der Waals surface area contributed by atoms with E-state index >= 15 is 0 Å². The molecule has 0 aliphatic carbocycles. The van der Waals surface area contributed by atoms with Crippen LogP contribution in [0, 0.1) is 0 Å². The first-order valence-electron chi connectivity index (χ1n) is 4.93. The van der Waals surface area contributed by atoms with Crippen molar-refractivity contribution in [3.8, 4) is 0 Å². The van der Waals surface area contributed by atoms with Crippen LogP contribution in [0.2, 0.25) is 10.0 Å². The lowest BCUT2D eigenvalue weighted by Crippen LogP contribution is -2.23. The molecule has 1 aliphatic rings. The number of ether oxygens (including phenoxy) is 1. The highest BCUT2D eigenvalue weighted by atomic mass is 35.5. The Kier molecular flexibility index (Phi) is 3.72. The molecule has 2 nitrogen and oxygen atoms in total. The summed E-state index contributed by atoms with van der Waals surface area (Å²) >= 11 is 13.6. The van der Waals surface area contributed by atoms with E-state index in [1.807, 2.05) is 13.0 Å². The smallest absolute Gasteiger partial charge is 0.138 e. The van der Waals surface area contributed by atoms with Crippen LogP contribution in [-0.4, -0.2) is 23.6 Å². The van der Waals surface area contributed by atoms with Crippen molar-refractivity contribution in [3.63, 3.8) is 0 Å². The first-order chi connectivity index (χ1) is 7.55. The Labute approximate surface area is 109 Å². The second-order valence-corrected chi connectivity index (χ2v) is 6.05. The van der Waals surface area contributed by atoms with Gasteiger partial charge in [0.15, 0.2) is 0 Å². The van der Waals surface area contributed by atoms with Gasteiger partial charge in [-0.3, -0.25) is 0 Å². The highest BCUT2D eigenvalue weighted by molar-refractivity contribution is 8.00. The molecule has 0 radical (unpaired) electrons. The van der Waals surface area contributed by atoms with Crippen LogP contribution in [0.3, 0.4) is 0 Å². The van der Waals surface area contributed by atoms with E-state index in [9.17, 15) is 0 Å². The molecule has 0 aromatic heterocycles. The van der Waals surface area contributed by atoms with Gasteiger partial charge >= 0.3 is 0 Å². The van der Waals surface area contributed by atoms with Crippen LogP contribution in [0.1, 0.15) is 12.5 Å². The zero-order valence-corrected chi connectivity index (χ0v) is 11.1. The number of thioether (sulfide) groups is 1. The third-order valence-electron chi connectivity index (χ3n) is 2.56. The van der Waals surface area contributed by atoms with Gasteiger partial charge in [-0.2, -0.15) is 0 Å². The maximum absolute atomic E-state index is 9.07. The number of benzene rings is 1. The summed E-state index contributed by atoms with van der Waals surface area (Å²) in [4.78, 5) is -0.491. The number of aliphatic hydroxyl groups is 1. The first kappa shape index (κ1) is 12.5. The fourth-order valence-corrected chi connectivity index (χ4v) is 3.59. The van der Waals surface area contributed by atoms with Gasteiger partial charge in [0.05, 0.1) is 12.7 Å². The van der Waals surface area contributed by atoms with Crippen molar-refractivity contribution in [1.82, 2.24) is 0 Å². The van der Waals surface area contributed by atoms with Crippen molar-refractivity contribution in [2.24, 2.45) is 0 Å². The van der Waals surface area contributed by atoms with Crippen LogP contribution < -0.4 is 0 Å². The van der Waals surface area contributed by atoms with Gasteiger partial charge in [-0.25, -0.2) is 0 Å². The maximum Gasteiger partial charge on any atom is 0.138 e. The lowest BCUT2D eigenvalue weighted by Gasteiger charge is -2.25. The maximum atomic E-state index is 9.07. The summed E-state index contributed by atoms with van der Waals surface area (Å²) in [5.74, 6) is 0.770. The van der Waals surface area contributed by atoms with E-state index in [4.69, 9.17) is 33.0 Å². The van der Waals surface area contributed by atoms with Crippen molar-refractivity contribution >= 4 is 35.0 Å². The van der Waals surface area contributed by atoms with Gasteiger partial charge in [0.1, 0.15) is 4.93 Å². The largest absolute Gasteiger partial charge is 0.394 e. The number of hydrogen-bond acceptors (Lipinski definition) is 3. The van der Waals surface area contributed by atoms with Crippen molar-refractivity contribution in [3.05, 3.63) is 33.8 Å². The predicted molar refractivity (Wildman–Crippen MR) is 68.2 cm³/mol. The SMILES string of the molecule is CC1(c2ccc(Cl)cc2Cl)OC(CO)CS1. The second kappa shape index (κ2) is 4.75. The van der Waals surface area contributed by atoms with Crippen molar-refractivity contribution in [1.29, 1.82) is 0 Å². The second-order valence-electron chi connectivity index (χ2n) is 3.80. The van der Waals surface area contributed by atoms with Gasteiger partial charge < -0.3 is 9.84 Å². The monoisotopic (exact) mass is 278 g/mol. The Morgan fingerprint density at radius 1 is 1.56 bits per heavy atom. The van der Waals surface area contributed by atoms with E-state index in [0.717, 1.165) is 11.3 Å². The molecule has 0 bridgehead atoms. The molecule has 0 saturated carbocycles. The summed E-state index contributed by atoms with van der Waals surface area (Å²) in [6.07, 6.45) is -0.123. The molecule has 1 aromatic carbocycles. The molecule has 0 amide bonds. The van der Waals surface area contributed by atoms with Crippen LogP contribution >= 0.6 is 35.0 Å². The lowest BCUT2D eigenvalue weighted by atomic mass is 10.1. The Morgan fingerprint density at radius 2 is 2.31 bits per heavy atom. The third kappa shape index (κ3) is 2.34. The standard InChI is InChI=1S/C11H12Cl2O2S/c1-11(15-8(5-14)6-16-11)9-3-2-7(12)4-10(9)13/h2-4,8,14H,5-6H2,1H3. The van der Waals surface area contributed by atoms with Crippen molar-refractivity contribution in [2.45, 2.75) is 18.0 Å². The highest BCUT2D eigenvalue weighted by Crippen LogP contribution is 2.47. The van der Waals surface area contributed by atoms with E-state index in [2.05, 4.69) is 0 Å². The summed E-state index contributed by atoms with van der Waals surface area (Å²) in [6, 6.07) is 5.38. The zero-order chi connectivity index (χ0) is 11.8. The van der Waals surface area contributed by atoms with Crippen LogP contribution in [0.5, 0.6) is 0 Å². The van der Waals surface area contributed by atoms with Crippen LogP contribution in [0.15, 0.2) is 18.2 Å². The Hall–Kier alpha value is 0.0700. The van der Waals surface area contributed by atoms with E-state index in [0.29, 0.717) is 10.0 Å². The quantitative estimate of drug-likeness (QED) is 0.900. The minimum absolute atomic E-state index is 0.0355. The first-order valence-corrected chi connectivity index (χ1v) is 6.67. The van der Waals surface area contributed by atoms with Crippen molar-refractivity contribution in [2.75, 3.05) is 12.4 Å². The molecule has 88 valence electrons. The van der Waals surface area contributed by atoms with Gasteiger partial charge in [-0.05, 0) is 19.1 Å². The zero-order valence-electron chi connectivity index (χ0n) is 8.74. The molecule has 2 atom stereocenters. The van der Waals surface area contributed by atoms with Crippen LogP contribution in [0.25, 0.3) is 0 Å². The molecule has 1 saturated heterocycles. The van der Waals surface area contributed by atoms with Gasteiger partial charge in [0, 0.05) is 21.4 Å². The van der Waals surface area contributed by atoms with E-state index in [1.54, 1.807) is 23.9 Å². The molecule has 5 heteroatoms. The minimum Gasteiger partial charge on any atom is -0.394 e. The van der Waals surface area contributed by atoms with Gasteiger partial charge in [-0.15, -0.1) is 11.8 Å². The normalized spacial score (nSPS) is 29.6. The molecular weight excluding hydrogens is 267 g/mol. The molecule has 1 heterocycles. The molecular formula is C11H12Cl2O2S. The predicted octanol–water partition coefficient (Wildman–Crippen LogP) is 3.29. The van der Waals surface area contributed by atoms with E-state index in [1.165, 1.54) is 0 Å². The summed E-state index contributed by atoms with van der Waals surface area (Å²) < 4.78 is 5.79. The number of halogens is 2. The Morgan fingerprint density at radius 3 is 2.88 bits per heavy atom. The topological polar surface area (TPSA) is 29.5 Å². The van der Waals surface area contributed by atoms with Crippen molar-refractivity contribution < 1.29 is 9.84 Å². The molecule has 0 spiro atoms. The Bertz CT molecular complexity index is 400. The molecule has 2 unspecified atom stereocenters. The van der Waals surface area contributed by atoms with E-state index in [-0.39, 0.29) is 12.7 Å². The summed E-state index contributed by atoms with van der Waals surface area (Å²) in [5.41, 5.74) is 0.902. The fraction of sp³-hybridized carbons (Fsp3) is 0.455. The molecule has 2 rings (SSSR count). The average Bonchev–Trinajstić information content (AvgIpc) is 2.61. The molecule has 16 heavy (non-hydrogen) atoms. The molecule has 1 aromatic rings. The van der Waals surface area contributed by atoms with Crippen LogP contribution in [-0.2, 0) is 9.67 Å². The van der Waals surface area contributed by atoms with Gasteiger partial charge in [-0.1, -0.05) is 29.3 Å². The average molecular weight is 279 g/mol. The molecule has 1 fully saturated rings. The highest BCUT2D eigenvalue weighted by Gasteiger charge is 2.39. The fourth-order valence-electron chi connectivity index (χ4n) is 1.73. The van der Waals surface area contributed by atoms with Gasteiger partial charge in [0.25, 0.3) is 0 Å². The van der Waals surface area contributed by atoms with Crippen LogP contribution in [0.4, 0.5) is 0 Å².